The maximum atomic E-state index is 14.8. The van der Waals surface area contributed by atoms with Crippen LogP contribution < -0.4 is 9.87 Å². The first-order chi connectivity index (χ1) is 18.9. The van der Waals surface area contributed by atoms with E-state index in [1.807, 2.05) is 0 Å². The lowest BCUT2D eigenvalue weighted by Crippen LogP contribution is -2.46. The van der Waals surface area contributed by atoms with E-state index in [-0.39, 0.29) is 23.6 Å². The van der Waals surface area contributed by atoms with Gasteiger partial charge in [-0.25, -0.2) is 18.7 Å². The Morgan fingerprint density at radius 2 is 1.85 bits per heavy atom. The molecular weight excluding hydrogens is 574 g/mol. The molecule has 1 fully saturated rings. The topological polar surface area (TPSA) is 129 Å². The summed E-state index contributed by atoms with van der Waals surface area (Å²) in [4.78, 5) is 30.1. The summed E-state index contributed by atoms with van der Waals surface area (Å²) in [5, 5.41) is 4.72. The van der Waals surface area contributed by atoms with Gasteiger partial charge in [0.05, 0.1) is 17.4 Å². The normalized spacial score (nSPS) is 18.4. The average molecular weight is 602 g/mol. The number of fused-ring (bicyclic) bond motifs is 2. The number of ether oxygens (including phenoxy) is 1. The third-order valence-corrected chi connectivity index (χ3v) is 8.02. The molecule has 1 amide bonds. The van der Waals surface area contributed by atoms with Crippen molar-refractivity contribution in [2.24, 2.45) is 0 Å². The molecule has 1 spiro atoms. The second-order valence-electron chi connectivity index (χ2n) is 11.3. The highest BCUT2D eigenvalue weighted by atomic mass is 32.2. The van der Waals surface area contributed by atoms with Crippen LogP contribution in [0.4, 0.5) is 22.4 Å². The molecule has 1 saturated carbocycles. The molecule has 1 aromatic carbocycles. The zero-order valence-electron chi connectivity index (χ0n) is 22.7. The number of hydrogen-bond acceptors (Lipinski definition) is 7. The molecule has 16 heteroatoms. The summed E-state index contributed by atoms with van der Waals surface area (Å²) in [6.45, 7) is 8.41. The number of H-pyrrole nitrogens is 1. The van der Waals surface area contributed by atoms with Crippen LogP contribution in [0, 0.1) is 12.7 Å². The Bertz CT molecular complexity index is 1710. The summed E-state index contributed by atoms with van der Waals surface area (Å²) in [5.74, 6) is -2.38. The highest BCUT2D eigenvalue weighted by Gasteiger charge is 2.56. The van der Waals surface area contributed by atoms with Crippen LogP contribution in [0.25, 0.3) is 11.5 Å². The summed E-state index contributed by atoms with van der Waals surface area (Å²) in [5.41, 5.74) is -7.01. The largest absolute Gasteiger partial charge is 0.534 e. The van der Waals surface area contributed by atoms with Crippen molar-refractivity contribution in [2.45, 2.75) is 70.0 Å². The zero-order valence-corrected chi connectivity index (χ0v) is 23.5. The number of aromatic amines is 1. The Morgan fingerprint density at radius 1 is 1.20 bits per heavy atom. The molecule has 1 aliphatic carbocycles. The molecule has 0 bridgehead atoms. The summed E-state index contributed by atoms with van der Waals surface area (Å²) >= 11 is 0. The van der Waals surface area contributed by atoms with Crippen LogP contribution in [-0.4, -0.2) is 56.4 Å². The van der Waals surface area contributed by atoms with Gasteiger partial charge in [-0.1, -0.05) is 0 Å². The third-order valence-electron chi connectivity index (χ3n) is 7.05. The van der Waals surface area contributed by atoms with Crippen LogP contribution >= 0.6 is 0 Å². The van der Waals surface area contributed by atoms with Crippen LogP contribution in [0.5, 0.6) is 5.75 Å². The Labute approximate surface area is 231 Å². The van der Waals surface area contributed by atoms with Gasteiger partial charge in [-0.3, -0.25) is 4.57 Å². The van der Waals surface area contributed by atoms with Crippen molar-refractivity contribution in [1.82, 2.24) is 24.2 Å². The van der Waals surface area contributed by atoms with Crippen LogP contribution in [0.3, 0.4) is 0 Å². The fourth-order valence-electron chi connectivity index (χ4n) is 4.95. The van der Waals surface area contributed by atoms with Gasteiger partial charge in [0.15, 0.2) is 11.6 Å². The quantitative estimate of drug-likeness (QED) is 0.267. The van der Waals surface area contributed by atoms with E-state index in [4.69, 9.17) is 9.84 Å². The standard InChI is InChI=1S/C25H27F4N5O6S/c1-13-10-15(11-16(18(13)26)40-41(37,38)25(27,28)29)34-20(32-9-8-30-21(32)35)17-14(2)33(22(36)39-23(3,4)5)12-24(6-7-24)19(17)31-34/h8-11,14H,6-7,12H2,1-5H3,(H,30,35)/t14-/m0/s1. The van der Waals surface area contributed by atoms with Gasteiger partial charge in [-0.05, 0) is 59.1 Å². The number of carbonyl (C=O) groups is 1. The Balaban J connectivity index is 1.73. The number of carbonyl (C=O) groups excluding carboxylic acids is 1. The number of halogens is 4. The summed E-state index contributed by atoms with van der Waals surface area (Å²) in [6.07, 6.45) is 3.50. The SMILES string of the molecule is Cc1cc(-n2nc3c(c2-n2cc[nH]c2=O)[C@H](C)N(C(=O)OC(C)(C)C)CC32CC2)cc(OS(=O)(=O)C(F)(F)F)c1F. The third kappa shape index (κ3) is 4.87. The lowest BCUT2D eigenvalue weighted by Gasteiger charge is -2.38. The van der Waals surface area contributed by atoms with Crippen LogP contribution in [0.15, 0.2) is 29.3 Å². The van der Waals surface area contributed by atoms with E-state index in [0.29, 0.717) is 24.1 Å². The molecule has 2 aliphatic rings. The van der Waals surface area contributed by atoms with E-state index in [2.05, 4.69) is 9.17 Å². The summed E-state index contributed by atoms with van der Waals surface area (Å²) in [7, 11) is -6.19. The molecule has 0 saturated heterocycles. The number of aromatic nitrogens is 4. The number of amides is 1. The molecule has 41 heavy (non-hydrogen) atoms. The minimum Gasteiger partial charge on any atom is -0.444 e. The van der Waals surface area contributed by atoms with Gasteiger partial charge in [0.1, 0.15) is 11.4 Å². The number of alkyl halides is 3. The molecule has 1 atom stereocenters. The van der Waals surface area contributed by atoms with E-state index in [1.54, 1.807) is 27.7 Å². The van der Waals surface area contributed by atoms with Gasteiger partial charge < -0.3 is 18.8 Å². The molecule has 222 valence electrons. The van der Waals surface area contributed by atoms with Crippen LogP contribution in [-0.2, 0) is 20.3 Å². The zero-order chi connectivity index (χ0) is 30.3. The van der Waals surface area contributed by atoms with E-state index >= 15 is 0 Å². The number of benzene rings is 1. The fourth-order valence-corrected chi connectivity index (χ4v) is 5.40. The molecular formula is C25H27F4N5O6S. The summed E-state index contributed by atoms with van der Waals surface area (Å²) in [6, 6.07) is 1.33. The highest BCUT2D eigenvalue weighted by Crippen LogP contribution is 2.56. The van der Waals surface area contributed by atoms with Gasteiger partial charge >= 0.3 is 27.4 Å². The lowest BCUT2D eigenvalue weighted by atomic mass is 9.88. The molecule has 11 nitrogen and oxygen atoms in total. The van der Waals surface area contributed by atoms with Crippen molar-refractivity contribution in [2.75, 3.05) is 6.54 Å². The van der Waals surface area contributed by atoms with E-state index < -0.39 is 56.0 Å². The fraction of sp³-hybridized carbons (Fsp3) is 0.480. The molecule has 2 aromatic heterocycles. The Morgan fingerprint density at radius 3 is 2.39 bits per heavy atom. The molecule has 3 aromatic rings. The predicted molar refractivity (Wildman–Crippen MR) is 136 cm³/mol. The summed E-state index contributed by atoms with van der Waals surface area (Å²) < 4.78 is 89.5. The first kappa shape index (κ1) is 28.7. The molecule has 3 heterocycles. The molecule has 0 radical (unpaired) electrons. The molecule has 1 aliphatic heterocycles. The van der Waals surface area contributed by atoms with Crippen LogP contribution in [0.1, 0.15) is 63.4 Å². The van der Waals surface area contributed by atoms with Gasteiger partial charge in [-0.15, -0.1) is 0 Å². The minimum absolute atomic E-state index is 0.0689. The number of nitrogens with one attached hydrogen (secondary N) is 1. The van der Waals surface area contributed by atoms with Crippen molar-refractivity contribution in [1.29, 1.82) is 0 Å². The van der Waals surface area contributed by atoms with Crippen LogP contribution in [0.2, 0.25) is 0 Å². The number of hydrogen-bond donors (Lipinski definition) is 1. The number of imidazole rings is 1. The number of aryl methyl sites for hydroxylation is 1. The van der Waals surface area contributed by atoms with Gasteiger partial charge in [0.25, 0.3) is 0 Å². The maximum absolute atomic E-state index is 14.8. The highest BCUT2D eigenvalue weighted by molar-refractivity contribution is 7.88. The maximum Gasteiger partial charge on any atom is 0.534 e. The van der Waals surface area contributed by atoms with Gasteiger partial charge in [-0.2, -0.15) is 26.7 Å². The molecule has 5 rings (SSSR count). The number of nitrogens with zero attached hydrogens (tertiary/aromatic N) is 4. The van der Waals surface area contributed by atoms with Crippen molar-refractivity contribution in [3.8, 4) is 17.3 Å². The smallest absolute Gasteiger partial charge is 0.444 e. The monoisotopic (exact) mass is 601 g/mol. The predicted octanol–water partition coefficient (Wildman–Crippen LogP) is 4.37. The average Bonchev–Trinajstić information content (AvgIpc) is 3.28. The first-order valence-corrected chi connectivity index (χ1v) is 14.0. The van der Waals surface area contributed by atoms with E-state index in [9.17, 15) is 35.6 Å². The van der Waals surface area contributed by atoms with Crippen molar-refractivity contribution >= 4 is 16.2 Å². The first-order valence-electron chi connectivity index (χ1n) is 12.6. The second kappa shape index (κ2) is 9.09. The van der Waals surface area contributed by atoms with Gasteiger partial charge in [0, 0.05) is 36.0 Å². The number of rotatable bonds is 4. The Kier molecular flexibility index (Phi) is 6.36. The Hall–Kier alpha value is -3.82. The van der Waals surface area contributed by atoms with E-state index in [0.717, 1.165) is 6.07 Å². The van der Waals surface area contributed by atoms with Crippen molar-refractivity contribution in [3.05, 3.63) is 57.6 Å². The van der Waals surface area contributed by atoms with Gasteiger partial charge in [0.2, 0.25) is 0 Å². The molecule has 0 unspecified atom stereocenters. The van der Waals surface area contributed by atoms with E-state index in [1.165, 1.54) is 39.5 Å². The van der Waals surface area contributed by atoms with Crippen molar-refractivity contribution < 1.29 is 39.7 Å². The lowest BCUT2D eigenvalue weighted by molar-refractivity contribution is -0.0501. The second-order valence-corrected chi connectivity index (χ2v) is 12.8. The van der Waals surface area contributed by atoms with Crippen molar-refractivity contribution in [3.63, 3.8) is 0 Å². The minimum atomic E-state index is -6.19. The molecule has 1 N–H and O–H groups in total.